The maximum atomic E-state index is 13.0. The SMILES string of the molecule is COc1cc(C(=O)NC(CCSC)C(=O)OCC(=O)c2ccc(C3CCCCC3)cc2)cc(OC)c1OC. The van der Waals surface area contributed by atoms with Crippen LogP contribution in [0.5, 0.6) is 17.2 Å². The molecule has 1 amide bonds. The quantitative estimate of drug-likeness (QED) is 0.277. The number of esters is 1. The Balaban J connectivity index is 1.63. The second-order valence-corrected chi connectivity index (χ2v) is 10.2. The van der Waals surface area contributed by atoms with Gasteiger partial charge in [0.25, 0.3) is 5.91 Å². The molecular formula is C29H37NO7S. The molecule has 38 heavy (non-hydrogen) atoms. The van der Waals surface area contributed by atoms with Gasteiger partial charge >= 0.3 is 5.97 Å². The molecule has 1 N–H and O–H groups in total. The molecule has 0 aromatic heterocycles. The number of ketones is 1. The Labute approximate surface area is 228 Å². The molecule has 0 bridgehead atoms. The Hall–Kier alpha value is -3.20. The van der Waals surface area contributed by atoms with Crippen molar-refractivity contribution in [1.29, 1.82) is 0 Å². The van der Waals surface area contributed by atoms with Crippen molar-refractivity contribution in [2.75, 3.05) is 39.9 Å². The Morgan fingerprint density at radius 3 is 2.11 bits per heavy atom. The minimum absolute atomic E-state index is 0.232. The summed E-state index contributed by atoms with van der Waals surface area (Å²) in [6, 6.07) is 9.71. The molecule has 0 spiro atoms. The third-order valence-corrected chi connectivity index (χ3v) is 7.43. The van der Waals surface area contributed by atoms with E-state index in [1.54, 1.807) is 12.1 Å². The van der Waals surface area contributed by atoms with E-state index < -0.39 is 24.5 Å². The van der Waals surface area contributed by atoms with Crippen LogP contribution in [0.4, 0.5) is 0 Å². The Morgan fingerprint density at radius 2 is 1.55 bits per heavy atom. The van der Waals surface area contributed by atoms with Crippen molar-refractivity contribution in [3.8, 4) is 17.2 Å². The molecule has 2 aromatic carbocycles. The van der Waals surface area contributed by atoms with E-state index in [4.69, 9.17) is 18.9 Å². The lowest BCUT2D eigenvalue weighted by Gasteiger charge is -2.22. The van der Waals surface area contributed by atoms with Crippen LogP contribution in [0.25, 0.3) is 0 Å². The Kier molecular flexibility index (Phi) is 11.3. The van der Waals surface area contributed by atoms with E-state index in [9.17, 15) is 14.4 Å². The largest absolute Gasteiger partial charge is 0.493 e. The van der Waals surface area contributed by atoms with Gasteiger partial charge in [-0.3, -0.25) is 9.59 Å². The highest BCUT2D eigenvalue weighted by Crippen LogP contribution is 2.38. The van der Waals surface area contributed by atoms with Crippen LogP contribution in [0.1, 0.15) is 70.7 Å². The van der Waals surface area contributed by atoms with Gasteiger partial charge in [-0.05, 0) is 54.9 Å². The van der Waals surface area contributed by atoms with Crippen LogP contribution in [0, 0.1) is 0 Å². The summed E-state index contributed by atoms with van der Waals surface area (Å²) in [5, 5.41) is 2.73. The van der Waals surface area contributed by atoms with E-state index in [2.05, 4.69) is 5.32 Å². The molecule has 206 valence electrons. The van der Waals surface area contributed by atoms with Crippen LogP contribution >= 0.6 is 11.8 Å². The molecule has 1 fully saturated rings. The number of benzene rings is 2. The first-order valence-electron chi connectivity index (χ1n) is 12.8. The molecule has 0 aliphatic heterocycles. The number of hydrogen-bond donors (Lipinski definition) is 1. The predicted molar refractivity (Wildman–Crippen MR) is 148 cm³/mol. The van der Waals surface area contributed by atoms with E-state index in [-0.39, 0.29) is 11.3 Å². The molecule has 0 saturated heterocycles. The molecule has 2 aromatic rings. The van der Waals surface area contributed by atoms with Crippen molar-refractivity contribution < 1.29 is 33.3 Å². The standard InChI is InChI=1S/C29H37NO7S/c1-34-25-16-22(17-26(35-2)27(25)36-3)28(32)30-23(14-15-38-4)29(33)37-18-24(31)21-12-10-20(11-13-21)19-8-6-5-7-9-19/h10-13,16-17,19,23H,5-9,14-15,18H2,1-4H3,(H,30,32). The molecule has 1 unspecified atom stereocenters. The van der Waals surface area contributed by atoms with E-state index in [1.807, 2.05) is 18.4 Å². The first-order valence-corrected chi connectivity index (χ1v) is 14.2. The summed E-state index contributed by atoms with van der Waals surface area (Å²) < 4.78 is 21.3. The van der Waals surface area contributed by atoms with Crippen LogP contribution < -0.4 is 19.5 Å². The van der Waals surface area contributed by atoms with Crippen molar-refractivity contribution in [2.24, 2.45) is 0 Å². The van der Waals surface area contributed by atoms with E-state index >= 15 is 0 Å². The van der Waals surface area contributed by atoms with Crippen molar-refractivity contribution in [1.82, 2.24) is 5.32 Å². The lowest BCUT2D eigenvalue weighted by molar-refractivity contribution is -0.144. The van der Waals surface area contributed by atoms with Crippen LogP contribution in [-0.4, -0.2) is 63.6 Å². The first kappa shape index (κ1) is 29.4. The highest BCUT2D eigenvalue weighted by molar-refractivity contribution is 7.98. The lowest BCUT2D eigenvalue weighted by atomic mass is 9.84. The molecule has 1 aliphatic rings. The van der Waals surface area contributed by atoms with Crippen LogP contribution in [0.15, 0.2) is 36.4 Å². The number of nitrogens with one attached hydrogen (secondary N) is 1. The minimum atomic E-state index is -0.921. The van der Waals surface area contributed by atoms with E-state index in [0.717, 1.165) is 0 Å². The number of ether oxygens (including phenoxy) is 4. The van der Waals surface area contributed by atoms with Crippen LogP contribution in [0.2, 0.25) is 0 Å². The number of carbonyl (C=O) groups excluding carboxylic acids is 3. The number of Topliss-reactive ketones (excluding diaryl/α,β-unsaturated/α-hetero) is 1. The Morgan fingerprint density at radius 1 is 0.921 bits per heavy atom. The monoisotopic (exact) mass is 543 g/mol. The maximum Gasteiger partial charge on any atom is 0.329 e. The molecule has 1 saturated carbocycles. The lowest BCUT2D eigenvalue weighted by Crippen LogP contribution is -2.42. The molecule has 0 radical (unpaired) electrons. The summed E-state index contributed by atoms with van der Waals surface area (Å²) in [6.07, 6.45) is 8.40. The fourth-order valence-electron chi connectivity index (χ4n) is 4.64. The number of rotatable bonds is 13. The van der Waals surface area contributed by atoms with Gasteiger partial charge < -0.3 is 24.3 Å². The number of carbonyl (C=O) groups is 3. The maximum absolute atomic E-state index is 13.0. The highest BCUT2D eigenvalue weighted by Gasteiger charge is 2.25. The number of methoxy groups -OCH3 is 3. The second kappa shape index (κ2) is 14.7. The van der Waals surface area contributed by atoms with Gasteiger partial charge in [-0.1, -0.05) is 43.5 Å². The summed E-state index contributed by atoms with van der Waals surface area (Å²) in [5.41, 5.74) is 1.99. The first-order chi connectivity index (χ1) is 18.4. The van der Waals surface area contributed by atoms with Gasteiger partial charge in [0.05, 0.1) is 21.3 Å². The average Bonchev–Trinajstić information content (AvgIpc) is 2.97. The zero-order chi connectivity index (χ0) is 27.5. The molecule has 3 rings (SSSR count). The molecule has 1 atom stereocenters. The van der Waals surface area contributed by atoms with Gasteiger partial charge in [-0.15, -0.1) is 0 Å². The molecule has 8 nitrogen and oxygen atoms in total. The van der Waals surface area contributed by atoms with Gasteiger partial charge in [0, 0.05) is 11.1 Å². The van der Waals surface area contributed by atoms with Gasteiger partial charge in [0.2, 0.25) is 5.75 Å². The van der Waals surface area contributed by atoms with Crippen LogP contribution in [0.3, 0.4) is 0 Å². The highest BCUT2D eigenvalue weighted by atomic mass is 32.2. The normalized spacial score (nSPS) is 14.3. The zero-order valence-electron chi connectivity index (χ0n) is 22.5. The third kappa shape index (κ3) is 7.66. The van der Waals surface area contributed by atoms with E-state index in [1.165, 1.54) is 82.9 Å². The van der Waals surface area contributed by atoms with E-state index in [0.29, 0.717) is 40.9 Å². The smallest absolute Gasteiger partial charge is 0.329 e. The number of thioether (sulfide) groups is 1. The summed E-state index contributed by atoms with van der Waals surface area (Å²) in [5.74, 6) is 0.719. The second-order valence-electron chi connectivity index (χ2n) is 9.21. The van der Waals surface area contributed by atoms with Gasteiger partial charge in [-0.25, -0.2) is 4.79 Å². The number of amides is 1. The van der Waals surface area contributed by atoms with Gasteiger partial charge in [0.1, 0.15) is 6.04 Å². The third-order valence-electron chi connectivity index (χ3n) is 6.78. The van der Waals surface area contributed by atoms with Crippen LogP contribution in [-0.2, 0) is 9.53 Å². The van der Waals surface area contributed by atoms with Crippen molar-refractivity contribution in [2.45, 2.75) is 50.5 Å². The summed E-state index contributed by atoms with van der Waals surface area (Å²) >= 11 is 1.54. The van der Waals surface area contributed by atoms with Crippen molar-refractivity contribution in [3.63, 3.8) is 0 Å². The fraction of sp³-hybridized carbons (Fsp3) is 0.483. The van der Waals surface area contributed by atoms with Gasteiger partial charge in [0.15, 0.2) is 23.9 Å². The summed E-state index contributed by atoms with van der Waals surface area (Å²) in [7, 11) is 4.39. The average molecular weight is 544 g/mol. The fourth-order valence-corrected chi connectivity index (χ4v) is 5.11. The molecule has 1 aliphatic carbocycles. The van der Waals surface area contributed by atoms with Crippen molar-refractivity contribution in [3.05, 3.63) is 53.1 Å². The predicted octanol–water partition coefficient (Wildman–Crippen LogP) is 5.04. The summed E-state index contributed by atoms with van der Waals surface area (Å²) in [6.45, 7) is -0.391. The topological polar surface area (TPSA) is 100 Å². The molecule has 9 heteroatoms. The molecular weight excluding hydrogens is 506 g/mol. The van der Waals surface area contributed by atoms with Gasteiger partial charge in [-0.2, -0.15) is 11.8 Å². The summed E-state index contributed by atoms with van der Waals surface area (Å²) in [4.78, 5) is 38.6. The zero-order valence-corrected chi connectivity index (χ0v) is 23.4. The minimum Gasteiger partial charge on any atom is -0.493 e. The van der Waals surface area contributed by atoms with Crippen molar-refractivity contribution >= 4 is 29.4 Å². The Bertz CT molecular complexity index is 1070. The number of hydrogen-bond acceptors (Lipinski definition) is 8. The molecule has 0 heterocycles.